The first kappa shape index (κ1) is 29.6. The lowest BCUT2D eigenvalue weighted by Crippen LogP contribution is -2.30. The Morgan fingerprint density at radius 3 is 1.94 bits per heavy atom. The Hall–Kier alpha value is -3.60. The van der Waals surface area contributed by atoms with Gasteiger partial charge in [0.1, 0.15) is 12.3 Å². The predicted octanol–water partition coefficient (Wildman–Crippen LogP) is 2.14. The summed E-state index contributed by atoms with van der Waals surface area (Å²) in [5.41, 5.74) is 11.9. The van der Waals surface area contributed by atoms with Gasteiger partial charge in [0.15, 0.2) is 0 Å². The van der Waals surface area contributed by atoms with E-state index in [1.165, 1.54) is 6.92 Å². The van der Waals surface area contributed by atoms with Crippen molar-refractivity contribution in [1.82, 2.24) is 6.15 Å². The summed E-state index contributed by atoms with van der Waals surface area (Å²) >= 11 is 0. The van der Waals surface area contributed by atoms with E-state index in [4.69, 9.17) is 21.7 Å². The number of carbonyl (C=O) groups excluding carboxylic acids is 2. The Labute approximate surface area is 180 Å². The lowest BCUT2D eigenvalue weighted by atomic mass is 10.2. The van der Waals surface area contributed by atoms with E-state index in [1.807, 2.05) is 0 Å². The van der Waals surface area contributed by atoms with Crippen LogP contribution in [0.25, 0.3) is 0 Å². The molecule has 0 fully saturated rings. The van der Waals surface area contributed by atoms with Crippen LogP contribution in [0, 0.1) is 0 Å². The maximum absolute atomic E-state index is 10.6. The molecule has 2 aromatic rings. The van der Waals surface area contributed by atoms with E-state index in [9.17, 15) is 19.2 Å². The Kier molecular flexibility index (Phi) is 16.5. The monoisotopic (exact) mass is 434 g/mol. The molecule has 10 heteroatoms. The summed E-state index contributed by atoms with van der Waals surface area (Å²) in [6.07, 6.45) is 1.90. The highest BCUT2D eigenvalue weighted by molar-refractivity contribution is 5.89. The quantitative estimate of drug-likeness (QED) is 0.352. The average Bonchev–Trinajstić information content (AvgIpc) is 2.73. The highest BCUT2D eigenvalue weighted by atomic mass is 16.4. The van der Waals surface area contributed by atoms with Crippen molar-refractivity contribution >= 4 is 29.8 Å². The van der Waals surface area contributed by atoms with Crippen molar-refractivity contribution in [2.45, 2.75) is 25.8 Å². The summed E-state index contributed by atoms with van der Waals surface area (Å²) in [7, 11) is 0. The summed E-state index contributed by atoms with van der Waals surface area (Å²) in [6, 6.07) is 14.2. The molecule has 0 heterocycles. The summed E-state index contributed by atoms with van der Waals surface area (Å²) in [6.45, 7) is 1.94. The molecule has 0 aliphatic heterocycles. The van der Waals surface area contributed by atoms with Gasteiger partial charge in [-0.1, -0.05) is 18.2 Å². The van der Waals surface area contributed by atoms with Gasteiger partial charge < -0.3 is 33.1 Å². The number of aromatic carboxylic acids is 1. The third-order valence-corrected chi connectivity index (χ3v) is 3.42. The van der Waals surface area contributed by atoms with Crippen LogP contribution in [-0.2, 0) is 9.59 Å². The second-order valence-electron chi connectivity index (χ2n) is 5.97. The molecule has 31 heavy (non-hydrogen) atoms. The van der Waals surface area contributed by atoms with Gasteiger partial charge in [-0.2, -0.15) is 0 Å². The number of rotatable bonds is 7. The van der Waals surface area contributed by atoms with Gasteiger partial charge in [-0.25, -0.2) is 4.79 Å². The van der Waals surface area contributed by atoms with Gasteiger partial charge in [0.2, 0.25) is 5.91 Å². The van der Waals surface area contributed by atoms with Crippen molar-refractivity contribution in [2.75, 3.05) is 11.9 Å². The van der Waals surface area contributed by atoms with E-state index < -0.39 is 18.0 Å². The number of nitrogens with one attached hydrogen (secondary N) is 1. The van der Waals surface area contributed by atoms with Crippen LogP contribution in [0.2, 0.25) is 0 Å². The number of aldehydes is 1. The number of hydrogen-bond donors (Lipinski definition) is 6. The molecule has 1 amide bonds. The number of anilines is 1. The molecular formula is C21H30N4O6. The highest BCUT2D eigenvalue weighted by Crippen LogP contribution is 2.07. The van der Waals surface area contributed by atoms with Crippen LogP contribution in [0.3, 0.4) is 0 Å². The molecule has 0 bridgehead atoms. The zero-order valence-electron chi connectivity index (χ0n) is 17.4. The standard InChI is InChI=1S/C9H9NO2.C7H6O2.C5H12N2O2.H3N/c1-7(12)10-9-4-2-8(6-11)3-5-9;8-7(9)6-4-2-1-3-5-6;6-3-1-2-4(7)5(8)9;/h2-6H,1H3,(H,10,12);1-5H,(H,8,9);4H,1-3,6-7H2,(H,8,9);1H3/t;;4-;/m..0./s1. The normalized spacial score (nSPS) is 9.90. The lowest BCUT2D eigenvalue weighted by molar-refractivity contribution is -0.138. The topological polar surface area (TPSA) is 208 Å². The molecule has 0 aliphatic carbocycles. The van der Waals surface area contributed by atoms with Crippen molar-refractivity contribution in [3.05, 3.63) is 65.7 Å². The Balaban J connectivity index is 0. The minimum absolute atomic E-state index is 0. The van der Waals surface area contributed by atoms with Gasteiger partial charge >= 0.3 is 11.9 Å². The number of carboxylic acids is 2. The first-order valence-corrected chi connectivity index (χ1v) is 9.00. The number of nitrogens with two attached hydrogens (primary N) is 2. The van der Waals surface area contributed by atoms with Crippen molar-refractivity contribution in [1.29, 1.82) is 0 Å². The number of benzene rings is 2. The highest BCUT2D eigenvalue weighted by Gasteiger charge is 2.08. The third kappa shape index (κ3) is 15.0. The zero-order valence-corrected chi connectivity index (χ0v) is 17.4. The molecule has 2 rings (SSSR count). The second kappa shape index (κ2) is 17.3. The number of aliphatic carboxylic acids is 1. The maximum Gasteiger partial charge on any atom is 0.335 e. The molecule has 10 nitrogen and oxygen atoms in total. The summed E-state index contributed by atoms with van der Waals surface area (Å²) < 4.78 is 0. The van der Waals surface area contributed by atoms with E-state index >= 15 is 0 Å². The van der Waals surface area contributed by atoms with Crippen LogP contribution >= 0.6 is 0 Å². The van der Waals surface area contributed by atoms with E-state index in [2.05, 4.69) is 5.32 Å². The fourth-order valence-corrected chi connectivity index (χ4v) is 1.89. The number of amides is 1. The molecule has 0 radical (unpaired) electrons. The van der Waals surface area contributed by atoms with Crippen LogP contribution in [0.4, 0.5) is 5.69 Å². The van der Waals surface area contributed by atoms with Crippen molar-refractivity contribution in [2.24, 2.45) is 11.5 Å². The van der Waals surface area contributed by atoms with Crippen molar-refractivity contribution < 1.29 is 29.4 Å². The van der Waals surface area contributed by atoms with Crippen LogP contribution in [0.15, 0.2) is 54.6 Å². The Bertz CT molecular complexity index is 797. The molecule has 10 N–H and O–H groups in total. The molecule has 0 unspecified atom stereocenters. The minimum atomic E-state index is -0.955. The van der Waals surface area contributed by atoms with Gasteiger partial charge in [0, 0.05) is 18.2 Å². The summed E-state index contributed by atoms with van der Waals surface area (Å²) in [5, 5.41) is 19.2. The molecule has 1 atom stereocenters. The fourth-order valence-electron chi connectivity index (χ4n) is 1.89. The Morgan fingerprint density at radius 1 is 1.03 bits per heavy atom. The fraction of sp³-hybridized carbons (Fsp3) is 0.238. The van der Waals surface area contributed by atoms with Crippen LogP contribution < -0.4 is 22.9 Å². The Morgan fingerprint density at radius 2 is 1.58 bits per heavy atom. The van der Waals surface area contributed by atoms with E-state index in [1.54, 1.807) is 54.6 Å². The SMILES string of the molecule is CC(=O)Nc1ccc(C=O)cc1.N.NCCC[C@H](N)C(=O)O.O=C(O)c1ccccc1. The molecule has 0 aromatic heterocycles. The van der Waals surface area contributed by atoms with Crippen LogP contribution in [0.1, 0.15) is 40.5 Å². The van der Waals surface area contributed by atoms with E-state index in [0.717, 1.165) is 6.29 Å². The smallest absolute Gasteiger partial charge is 0.335 e. The van der Waals surface area contributed by atoms with Gasteiger partial charge in [-0.05, 0) is 55.8 Å². The second-order valence-corrected chi connectivity index (χ2v) is 5.97. The molecule has 170 valence electrons. The lowest BCUT2D eigenvalue weighted by Gasteiger charge is -2.02. The predicted molar refractivity (Wildman–Crippen MR) is 118 cm³/mol. The van der Waals surface area contributed by atoms with Crippen LogP contribution in [0.5, 0.6) is 0 Å². The van der Waals surface area contributed by atoms with E-state index in [-0.39, 0.29) is 12.1 Å². The van der Waals surface area contributed by atoms with Gasteiger partial charge in [-0.15, -0.1) is 0 Å². The number of carbonyl (C=O) groups is 4. The first-order chi connectivity index (χ1) is 14.2. The largest absolute Gasteiger partial charge is 0.480 e. The van der Waals surface area contributed by atoms with Gasteiger partial charge in [-0.3, -0.25) is 14.4 Å². The molecule has 0 saturated heterocycles. The molecule has 0 aliphatic rings. The van der Waals surface area contributed by atoms with Crippen molar-refractivity contribution in [3.8, 4) is 0 Å². The number of hydrogen-bond acceptors (Lipinski definition) is 7. The summed E-state index contributed by atoms with van der Waals surface area (Å²) in [4.78, 5) is 41.1. The molecule has 0 spiro atoms. The molecule has 0 saturated carbocycles. The third-order valence-electron chi connectivity index (χ3n) is 3.42. The van der Waals surface area contributed by atoms with Gasteiger partial charge in [0.05, 0.1) is 5.56 Å². The van der Waals surface area contributed by atoms with Crippen LogP contribution in [-0.4, -0.2) is 46.9 Å². The minimum Gasteiger partial charge on any atom is -0.480 e. The molecular weight excluding hydrogens is 404 g/mol. The summed E-state index contributed by atoms with van der Waals surface area (Å²) in [5.74, 6) is -1.95. The average molecular weight is 434 g/mol. The van der Waals surface area contributed by atoms with Crippen molar-refractivity contribution in [3.63, 3.8) is 0 Å². The first-order valence-electron chi connectivity index (χ1n) is 9.00. The molecule has 2 aromatic carbocycles. The van der Waals surface area contributed by atoms with Gasteiger partial charge in [0.25, 0.3) is 0 Å². The number of carboxylic acid groups (broad SMARTS) is 2. The van der Waals surface area contributed by atoms with E-state index in [0.29, 0.717) is 36.2 Å². The maximum atomic E-state index is 10.6. The zero-order chi connectivity index (χ0) is 22.9.